The van der Waals surface area contributed by atoms with E-state index in [9.17, 15) is 0 Å². The van der Waals surface area contributed by atoms with Crippen LogP contribution in [-0.2, 0) is 11.3 Å². The highest BCUT2D eigenvalue weighted by Gasteiger charge is 2.14. The van der Waals surface area contributed by atoms with Crippen LogP contribution in [0.3, 0.4) is 0 Å². The number of nitrogens with two attached hydrogens (primary N) is 1. The van der Waals surface area contributed by atoms with Gasteiger partial charge < -0.3 is 10.5 Å². The number of hydrogen-bond donors (Lipinski definition) is 1. The van der Waals surface area contributed by atoms with Crippen LogP contribution in [0, 0.1) is 5.92 Å². The van der Waals surface area contributed by atoms with Gasteiger partial charge in [-0.15, -0.1) is 5.10 Å². The molecular formula is C8H14N4O. The fourth-order valence-corrected chi connectivity index (χ4v) is 1.56. The lowest BCUT2D eigenvalue weighted by molar-refractivity contribution is 0.0588. The minimum absolute atomic E-state index is 0.493. The van der Waals surface area contributed by atoms with Crippen molar-refractivity contribution in [3.05, 3.63) is 6.20 Å². The van der Waals surface area contributed by atoms with Crippen molar-refractivity contribution in [3.63, 3.8) is 0 Å². The van der Waals surface area contributed by atoms with Gasteiger partial charge in [-0.25, -0.2) is 0 Å². The molecule has 0 aliphatic carbocycles. The van der Waals surface area contributed by atoms with Crippen LogP contribution in [-0.4, -0.2) is 28.2 Å². The zero-order chi connectivity index (χ0) is 9.10. The summed E-state index contributed by atoms with van der Waals surface area (Å²) >= 11 is 0. The number of aromatic nitrogens is 3. The molecular weight excluding hydrogens is 168 g/mol. The Hall–Kier alpha value is -1.10. The van der Waals surface area contributed by atoms with Crippen molar-refractivity contribution in [1.82, 2.24) is 15.0 Å². The minimum Gasteiger partial charge on any atom is -0.381 e. The molecule has 1 aliphatic heterocycles. The zero-order valence-electron chi connectivity index (χ0n) is 7.52. The van der Waals surface area contributed by atoms with Crippen LogP contribution in [0.1, 0.15) is 12.8 Å². The van der Waals surface area contributed by atoms with Crippen LogP contribution in [0.4, 0.5) is 5.82 Å². The number of hydrogen-bond acceptors (Lipinski definition) is 4. The molecule has 1 aromatic heterocycles. The molecule has 13 heavy (non-hydrogen) atoms. The molecule has 5 nitrogen and oxygen atoms in total. The molecule has 0 atom stereocenters. The van der Waals surface area contributed by atoms with Gasteiger partial charge in [-0.3, -0.25) is 0 Å². The molecule has 1 fully saturated rings. The minimum atomic E-state index is 0.493. The van der Waals surface area contributed by atoms with Crippen molar-refractivity contribution >= 4 is 5.82 Å². The van der Waals surface area contributed by atoms with E-state index < -0.39 is 0 Å². The summed E-state index contributed by atoms with van der Waals surface area (Å²) in [5.41, 5.74) is 5.46. The van der Waals surface area contributed by atoms with E-state index in [1.807, 2.05) is 0 Å². The predicted molar refractivity (Wildman–Crippen MR) is 48.0 cm³/mol. The highest BCUT2D eigenvalue weighted by atomic mass is 16.5. The van der Waals surface area contributed by atoms with E-state index in [2.05, 4.69) is 10.2 Å². The van der Waals surface area contributed by atoms with Crippen LogP contribution in [0.15, 0.2) is 6.20 Å². The summed E-state index contributed by atoms with van der Waals surface area (Å²) in [4.78, 5) is 1.67. The maximum absolute atomic E-state index is 5.46. The van der Waals surface area contributed by atoms with Crippen LogP contribution >= 0.6 is 0 Å². The summed E-state index contributed by atoms with van der Waals surface area (Å²) in [6.45, 7) is 2.59. The van der Waals surface area contributed by atoms with Crippen molar-refractivity contribution in [2.75, 3.05) is 18.9 Å². The largest absolute Gasteiger partial charge is 0.381 e. The smallest absolute Gasteiger partial charge is 0.165 e. The monoisotopic (exact) mass is 182 g/mol. The highest BCUT2D eigenvalue weighted by molar-refractivity contribution is 5.19. The fourth-order valence-electron chi connectivity index (χ4n) is 1.56. The number of nitrogens with zero attached hydrogens (tertiary/aromatic N) is 3. The quantitative estimate of drug-likeness (QED) is 0.713. The molecule has 0 aromatic carbocycles. The molecule has 0 amide bonds. The maximum Gasteiger partial charge on any atom is 0.165 e. The topological polar surface area (TPSA) is 66.0 Å². The van der Waals surface area contributed by atoms with Crippen molar-refractivity contribution < 1.29 is 4.74 Å². The summed E-state index contributed by atoms with van der Waals surface area (Å²) in [5, 5.41) is 8.10. The third kappa shape index (κ3) is 2.18. The molecule has 5 heteroatoms. The summed E-state index contributed by atoms with van der Waals surface area (Å²) in [7, 11) is 0. The van der Waals surface area contributed by atoms with Crippen molar-refractivity contribution in [1.29, 1.82) is 0 Å². The number of anilines is 1. The van der Waals surface area contributed by atoms with Crippen LogP contribution in [0.5, 0.6) is 0 Å². The third-order valence-electron chi connectivity index (χ3n) is 2.32. The van der Waals surface area contributed by atoms with Gasteiger partial charge in [0.1, 0.15) is 0 Å². The molecule has 0 bridgehead atoms. The fraction of sp³-hybridized carbons (Fsp3) is 0.750. The number of rotatable bonds is 2. The van der Waals surface area contributed by atoms with E-state index in [1.165, 1.54) is 0 Å². The normalized spacial score (nSPS) is 19.1. The van der Waals surface area contributed by atoms with Gasteiger partial charge in [-0.1, -0.05) is 0 Å². The van der Waals surface area contributed by atoms with E-state index in [0.29, 0.717) is 11.7 Å². The maximum atomic E-state index is 5.46. The van der Waals surface area contributed by atoms with E-state index in [4.69, 9.17) is 10.5 Å². The Labute approximate surface area is 76.9 Å². The lowest BCUT2D eigenvalue weighted by Gasteiger charge is -2.20. The van der Waals surface area contributed by atoms with Gasteiger partial charge in [-0.05, 0) is 18.8 Å². The molecule has 1 aromatic rings. The molecule has 0 radical (unpaired) electrons. The average Bonchev–Trinajstić information content (AvgIpc) is 2.53. The van der Waals surface area contributed by atoms with E-state index in [1.54, 1.807) is 11.0 Å². The zero-order valence-corrected chi connectivity index (χ0v) is 7.52. The third-order valence-corrected chi connectivity index (χ3v) is 2.32. The van der Waals surface area contributed by atoms with Crippen molar-refractivity contribution in [2.45, 2.75) is 19.4 Å². The number of ether oxygens (including phenoxy) is 1. The second-order valence-electron chi connectivity index (χ2n) is 3.38. The Morgan fingerprint density at radius 2 is 2.31 bits per heavy atom. The Morgan fingerprint density at radius 3 is 2.92 bits per heavy atom. The van der Waals surface area contributed by atoms with Gasteiger partial charge in [-0.2, -0.15) is 9.90 Å². The Bertz CT molecular complexity index is 267. The summed E-state index contributed by atoms with van der Waals surface area (Å²) < 4.78 is 5.27. The standard InChI is InChI=1S/C8H14N4O/c9-8-5-10-12(11-8)6-7-1-3-13-4-2-7/h5,7H,1-4,6H2,(H2,9,11). The van der Waals surface area contributed by atoms with E-state index >= 15 is 0 Å². The Kier molecular flexibility index (Phi) is 2.44. The molecule has 0 unspecified atom stereocenters. The van der Waals surface area contributed by atoms with Crippen LogP contribution in [0.25, 0.3) is 0 Å². The highest BCUT2D eigenvalue weighted by Crippen LogP contribution is 2.15. The molecule has 2 N–H and O–H groups in total. The molecule has 72 valence electrons. The summed E-state index contributed by atoms with van der Waals surface area (Å²) in [6.07, 6.45) is 3.78. The first kappa shape index (κ1) is 8.50. The summed E-state index contributed by atoms with van der Waals surface area (Å²) in [5.74, 6) is 1.13. The van der Waals surface area contributed by atoms with Gasteiger partial charge in [0.15, 0.2) is 5.82 Å². The predicted octanol–water partition coefficient (Wildman–Crippen LogP) is 0.287. The lowest BCUT2D eigenvalue weighted by Crippen LogP contribution is -2.21. The number of nitrogen functional groups attached to an aromatic ring is 1. The first-order valence-corrected chi connectivity index (χ1v) is 4.58. The second-order valence-corrected chi connectivity index (χ2v) is 3.38. The molecule has 0 saturated carbocycles. The van der Waals surface area contributed by atoms with Crippen LogP contribution < -0.4 is 5.73 Å². The average molecular weight is 182 g/mol. The molecule has 1 aliphatic rings. The second kappa shape index (κ2) is 3.74. The van der Waals surface area contributed by atoms with Crippen molar-refractivity contribution in [3.8, 4) is 0 Å². The first-order chi connectivity index (χ1) is 6.34. The van der Waals surface area contributed by atoms with Gasteiger partial charge in [0, 0.05) is 13.2 Å². The molecule has 1 saturated heterocycles. The van der Waals surface area contributed by atoms with Gasteiger partial charge in [0.05, 0.1) is 12.7 Å². The van der Waals surface area contributed by atoms with Gasteiger partial charge in [0.25, 0.3) is 0 Å². The SMILES string of the molecule is Nc1cnn(CC2CCOCC2)n1. The molecule has 2 heterocycles. The van der Waals surface area contributed by atoms with Gasteiger partial charge >= 0.3 is 0 Å². The first-order valence-electron chi connectivity index (χ1n) is 4.58. The van der Waals surface area contributed by atoms with E-state index in [-0.39, 0.29) is 0 Å². The molecule has 0 spiro atoms. The van der Waals surface area contributed by atoms with E-state index in [0.717, 1.165) is 32.6 Å². The summed E-state index contributed by atoms with van der Waals surface area (Å²) in [6, 6.07) is 0. The van der Waals surface area contributed by atoms with Crippen molar-refractivity contribution in [2.24, 2.45) is 5.92 Å². The van der Waals surface area contributed by atoms with Gasteiger partial charge in [0.2, 0.25) is 0 Å². The lowest BCUT2D eigenvalue weighted by atomic mass is 10.0. The Balaban J connectivity index is 1.89. The molecule has 2 rings (SSSR count). The van der Waals surface area contributed by atoms with Crippen LogP contribution in [0.2, 0.25) is 0 Å². The Morgan fingerprint density at radius 1 is 1.54 bits per heavy atom.